The smallest absolute Gasteiger partial charge is 0.0838 e. The third kappa shape index (κ3) is 2.34. The maximum Gasteiger partial charge on any atom is 0.0838 e. The third-order valence-electron chi connectivity index (χ3n) is 2.72. The van der Waals surface area contributed by atoms with Crippen LogP contribution in [0.2, 0.25) is 0 Å². The van der Waals surface area contributed by atoms with Crippen LogP contribution in [0, 0.1) is 0 Å². The fourth-order valence-corrected chi connectivity index (χ4v) is 1.88. The topological polar surface area (TPSA) is 29.5 Å². The Morgan fingerprint density at radius 3 is 2.64 bits per heavy atom. The summed E-state index contributed by atoms with van der Waals surface area (Å²) in [6.45, 7) is 0.614. The molecule has 0 amide bonds. The van der Waals surface area contributed by atoms with Crippen molar-refractivity contribution in [2.24, 2.45) is 0 Å². The zero-order chi connectivity index (χ0) is 9.80. The molecule has 1 fully saturated rings. The van der Waals surface area contributed by atoms with Crippen LogP contribution in [-0.2, 0) is 11.3 Å². The van der Waals surface area contributed by atoms with Gasteiger partial charge in [-0.05, 0) is 24.8 Å². The van der Waals surface area contributed by atoms with Gasteiger partial charge in [0.25, 0.3) is 0 Å². The molecule has 2 atom stereocenters. The molecule has 14 heavy (non-hydrogen) atoms. The molecule has 0 bridgehead atoms. The molecule has 1 aliphatic rings. The van der Waals surface area contributed by atoms with Gasteiger partial charge < -0.3 is 9.84 Å². The summed E-state index contributed by atoms with van der Waals surface area (Å²) in [4.78, 5) is 0. The maximum absolute atomic E-state index is 9.54. The first kappa shape index (κ1) is 9.69. The lowest BCUT2D eigenvalue weighted by Crippen LogP contribution is -2.22. The van der Waals surface area contributed by atoms with E-state index in [9.17, 15) is 5.11 Å². The monoisotopic (exact) mass is 192 g/mol. The van der Waals surface area contributed by atoms with Gasteiger partial charge in [-0.3, -0.25) is 0 Å². The van der Waals surface area contributed by atoms with E-state index in [1.807, 2.05) is 30.3 Å². The summed E-state index contributed by atoms with van der Waals surface area (Å²) in [5, 5.41) is 9.54. The molecule has 0 spiro atoms. The number of aliphatic hydroxyl groups is 1. The van der Waals surface area contributed by atoms with Crippen molar-refractivity contribution in [3.8, 4) is 0 Å². The highest BCUT2D eigenvalue weighted by molar-refractivity contribution is 5.13. The van der Waals surface area contributed by atoms with E-state index in [0.29, 0.717) is 6.61 Å². The van der Waals surface area contributed by atoms with Crippen LogP contribution in [-0.4, -0.2) is 17.3 Å². The summed E-state index contributed by atoms with van der Waals surface area (Å²) in [6, 6.07) is 10.1. The Balaban J connectivity index is 1.82. The molecule has 0 saturated heterocycles. The predicted molar refractivity (Wildman–Crippen MR) is 54.9 cm³/mol. The maximum atomic E-state index is 9.54. The van der Waals surface area contributed by atoms with Crippen molar-refractivity contribution >= 4 is 0 Å². The zero-order valence-electron chi connectivity index (χ0n) is 8.23. The first-order valence-corrected chi connectivity index (χ1v) is 5.20. The van der Waals surface area contributed by atoms with Crippen LogP contribution >= 0.6 is 0 Å². The van der Waals surface area contributed by atoms with Crippen LogP contribution in [0.1, 0.15) is 24.8 Å². The lowest BCUT2D eigenvalue weighted by atomic mass is 10.2. The van der Waals surface area contributed by atoms with Gasteiger partial charge in [0, 0.05) is 0 Å². The minimum absolute atomic E-state index is 0.0511. The van der Waals surface area contributed by atoms with Gasteiger partial charge in [0.15, 0.2) is 0 Å². The Bertz CT molecular complexity index is 271. The Labute approximate surface area is 84.5 Å². The van der Waals surface area contributed by atoms with Crippen molar-refractivity contribution in [3.05, 3.63) is 35.9 Å². The minimum Gasteiger partial charge on any atom is -0.390 e. The first-order chi connectivity index (χ1) is 6.86. The molecule has 2 nitrogen and oxygen atoms in total. The predicted octanol–water partition coefficient (Wildman–Crippen LogP) is 2.12. The van der Waals surface area contributed by atoms with E-state index < -0.39 is 0 Å². The second-order valence-electron chi connectivity index (χ2n) is 3.83. The Kier molecular flexibility index (Phi) is 3.17. The Hall–Kier alpha value is -0.860. The van der Waals surface area contributed by atoms with Crippen molar-refractivity contribution in [2.45, 2.75) is 38.1 Å². The number of rotatable bonds is 3. The highest BCUT2D eigenvalue weighted by Crippen LogP contribution is 2.22. The number of hydrogen-bond acceptors (Lipinski definition) is 2. The van der Waals surface area contributed by atoms with Crippen molar-refractivity contribution < 1.29 is 9.84 Å². The molecule has 1 aromatic carbocycles. The SMILES string of the molecule is O[C@H]1CCC[C@@H]1OCc1ccccc1. The molecular formula is C12H16O2. The Morgan fingerprint density at radius 2 is 2.00 bits per heavy atom. The average molecular weight is 192 g/mol. The number of aliphatic hydroxyl groups excluding tert-OH is 1. The fourth-order valence-electron chi connectivity index (χ4n) is 1.88. The lowest BCUT2D eigenvalue weighted by Gasteiger charge is -2.15. The molecule has 2 rings (SSSR count). The van der Waals surface area contributed by atoms with Crippen LogP contribution in [0.3, 0.4) is 0 Å². The first-order valence-electron chi connectivity index (χ1n) is 5.20. The van der Waals surface area contributed by atoms with E-state index >= 15 is 0 Å². The van der Waals surface area contributed by atoms with Crippen molar-refractivity contribution in [3.63, 3.8) is 0 Å². The second kappa shape index (κ2) is 4.58. The highest BCUT2D eigenvalue weighted by Gasteiger charge is 2.25. The molecule has 1 saturated carbocycles. The zero-order valence-corrected chi connectivity index (χ0v) is 8.23. The van der Waals surface area contributed by atoms with Gasteiger partial charge in [-0.2, -0.15) is 0 Å². The molecule has 0 aliphatic heterocycles. The van der Waals surface area contributed by atoms with Crippen molar-refractivity contribution in [1.29, 1.82) is 0 Å². The van der Waals surface area contributed by atoms with Crippen LogP contribution in [0.15, 0.2) is 30.3 Å². The summed E-state index contributed by atoms with van der Waals surface area (Å²) >= 11 is 0. The van der Waals surface area contributed by atoms with Gasteiger partial charge in [-0.1, -0.05) is 30.3 Å². The van der Waals surface area contributed by atoms with Crippen LogP contribution in [0.25, 0.3) is 0 Å². The van der Waals surface area contributed by atoms with Gasteiger partial charge in [0.05, 0.1) is 18.8 Å². The van der Waals surface area contributed by atoms with Crippen LogP contribution in [0.4, 0.5) is 0 Å². The van der Waals surface area contributed by atoms with Gasteiger partial charge in [0.1, 0.15) is 0 Å². The molecule has 1 aliphatic carbocycles. The molecule has 1 aromatic rings. The van der Waals surface area contributed by atoms with Gasteiger partial charge in [0.2, 0.25) is 0 Å². The average Bonchev–Trinajstić information content (AvgIpc) is 2.63. The minimum atomic E-state index is -0.251. The van der Waals surface area contributed by atoms with E-state index in [-0.39, 0.29) is 12.2 Å². The molecule has 2 heteroatoms. The summed E-state index contributed by atoms with van der Waals surface area (Å²) < 4.78 is 5.65. The summed E-state index contributed by atoms with van der Waals surface area (Å²) in [6.07, 6.45) is 2.77. The largest absolute Gasteiger partial charge is 0.390 e. The summed E-state index contributed by atoms with van der Waals surface area (Å²) in [5.41, 5.74) is 1.17. The summed E-state index contributed by atoms with van der Waals surface area (Å²) in [7, 11) is 0. The van der Waals surface area contributed by atoms with E-state index in [1.165, 1.54) is 5.56 Å². The van der Waals surface area contributed by atoms with Crippen LogP contribution < -0.4 is 0 Å². The standard InChI is InChI=1S/C12H16O2/c13-11-7-4-8-12(11)14-9-10-5-2-1-3-6-10/h1-3,5-6,11-13H,4,7-9H2/t11-,12-/m0/s1. The quantitative estimate of drug-likeness (QED) is 0.794. The molecule has 0 unspecified atom stereocenters. The molecule has 76 valence electrons. The highest BCUT2D eigenvalue weighted by atomic mass is 16.5. The second-order valence-corrected chi connectivity index (χ2v) is 3.83. The van der Waals surface area contributed by atoms with E-state index in [2.05, 4.69) is 0 Å². The number of ether oxygens (including phenoxy) is 1. The van der Waals surface area contributed by atoms with Crippen molar-refractivity contribution in [2.75, 3.05) is 0 Å². The molecule has 0 radical (unpaired) electrons. The molecule has 0 aromatic heterocycles. The van der Waals surface area contributed by atoms with Gasteiger partial charge in [-0.25, -0.2) is 0 Å². The van der Waals surface area contributed by atoms with E-state index in [0.717, 1.165) is 19.3 Å². The lowest BCUT2D eigenvalue weighted by molar-refractivity contribution is -0.0273. The molecular weight excluding hydrogens is 176 g/mol. The van der Waals surface area contributed by atoms with E-state index in [4.69, 9.17) is 4.74 Å². The van der Waals surface area contributed by atoms with Gasteiger partial charge in [-0.15, -0.1) is 0 Å². The summed E-state index contributed by atoms with van der Waals surface area (Å²) in [5.74, 6) is 0. The Morgan fingerprint density at radius 1 is 1.21 bits per heavy atom. The van der Waals surface area contributed by atoms with Gasteiger partial charge >= 0.3 is 0 Å². The third-order valence-corrected chi connectivity index (χ3v) is 2.72. The molecule has 0 heterocycles. The molecule has 1 N–H and O–H groups in total. The van der Waals surface area contributed by atoms with Crippen LogP contribution in [0.5, 0.6) is 0 Å². The number of hydrogen-bond donors (Lipinski definition) is 1. The van der Waals surface area contributed by atoms with Crippen molar-refractivity contribution in [1.82, 2.24) is 0 Å². The normalized spacial score (nSPS) is 26.6. The fraction of sp³-hybridized carbons (Fsp3) is 0.500. The number of benzene rings is 1. The van der Waals surface area contributed by atoms with E-state index in [1.54, 1.807) is 0 Å².